The van der Waals surface area contributed by atoms with Crippen molar-refractivity contribution in [3.05, 3.63) is 21.8 Å². The Morgan fingerprint density at radius 1 is 1.20 bits per heavy atom. The van der Waals surface area contributed by atoms with Crippen LogP contribution in [-0.2, 0) is 0 Å². The van der Waals surface area contributed by atoms with E-state index >= 15 is 0 Å². The van der Waals surface area contributed by atoms with E-state index in [1.807, 2.05) is 0 Å². The molecule has 1 aromatic rings. The summed E-state index contributed by atoms with van der Waals surface area (Å²) >= 11 is 2.31. The average molecular weight is 246 g/mol. The maximum atomic E-state index is 3.23. The molecule has 1 aliphatic rings. The largest absolute Gasteiger partial charge is 0.366 e. The molecule has 0 saturated heterocycles. The van der Waals surface area contributed by atoms with Gasteiger partial charge in [-0.1, -0.05) is 0 Å². The molecule has 1 aromatic carbocycles. The van der Waals surface area contributed by atoms with Crippen LogP contribution in [0.4, 0.5) is 11.4 Å². The highest BCUT2D eigenvalue weighted by atomic mass is 127. The van der Waals surface area contributed by atoms with Crippen molar-refractivity contribution in [1.82, 2.24) is 0 Å². The number of benzene rings is 1. The quantitative estimate of drug-likeness (QED) is 0.685. The zero-order chi connectivity index (χ0) is 6.97. The van der Waals surface area contributed by atoms with Crippen LogP contribution in [0.1, 0.15) is 0 Å². The van der Waals surface area contributed by atoms with Crippen LogP contribution in [0, 0.1) is 3.57 Å². The lowest BCUT2D eigenvalue weighted by Gasteiger charge is -1.96. The second-order valence-electron chi connectivity index (χ2n) is 2.22. The van der Waals surface area contributed by atoms with Crippen LogP contribution in [-0.4, -0.2) is 6.67 Å². The lowest BCUT2D eigenvalue weighted by molar-refractivity contribution is 1.31. The minimum atomic E-state index is 0.857. The van der Waals surface area contributed by atoms with Crippen LogP contribution >= 0.6 is 22.6 Å². The first-order valence-electron chi connectivity index (χ1n) is 3.13. The fourth-order valence-corrected chi connectivity index (χ4v) is 1.54. The Balaban J connectivity index is 2.52. The van der Waals surface area contributed by atoms with Crippen LogP contribution in [0.3, 0.4) is 0 Å². The van der Waals surface area contributed by atoms with Gasteiger partial charge in [-0.2, -0.15) is 0 Å². The summed E-state index contributed by atoms with van der Waals surface area (Å²) in [7, 11) is 0. The van der Waals surface area contributed by atoms with E-state index < -0.39 is 0 Å². The third-order valence-corrected chi connectivity index (χ3v) is 2.21. The monoisotopic (exact) mass is 246 g/mol. The van der Waals surface area contributed by atoms with Crippen molar-refractivity contribution < 1.29 is 0 Å². The van der Waals surface area contributed by atoms with Crippen molar-refractivity contribution in [1.29, 1.82) is 0 Å². The van der Waals surface area contributed by atoms with Gasteiger partial charge in [0.05, 0.1) is 18.0 Å². The molecule has 0 spiro atoms. The lowest BCUT2D eigenvalue weighted by atomic mass is 10.3. The van der Waals surface area contributed by atoms with Crippen LogP contribution in [0.15, 0.2) is 18.2 Å². The minimum Gasteiger partial charge on any atom is -0.366 e. The van der Waals surface area contributed by atoms with Gasteiger partial charge >= 0.3 is 0 Å². The molecule has 0 unspecified atom stereocenters. The Morgan fingerprint density at radius 2 is 2.00 bits per heavy atom. The Kier molecular flexibility index (Phi) is 1.44. The number of anilines is 2. The molecule has 0 saturated carbocycles. The number of hydrogen-bond acceptors (Lipinski definition) is 2. The second kappa shape index (κ2) is 2.30. The smallest absolute Gasteiger partial charge is 0.0850 e. The van der Waals surface area contributed by atoms with Gasteiger partial charge in [-0.3, -0.25) is 0 Å². The highest BCUT2D eigenvalue weighted by molar-refractivity contribution is 14.1. The first kappa shape index (κ1) is 6.27. The fraction of sp³-hybridized carbons (Fsp3) is 0.143. The molecule has 2 rings (SSSR count). The number of nitrogens with one attached hydrogen (secondary N) is 2. The molecule has 10 heavy (non-hydrogen) atoms. The summed E-state index contributed by atoms with van der Waals surface area (Å²) < 4.78 is 1.27. The van der Waals surface area contributed by atoms with Crippen LogP contribution in [0.5, 0.6) is 0 Å². The van der Waals surface area contributed by atoms with E-state index in [1.54, 1.807) is 0 Å². The topological polar surface area (TPSA) is 24.1 Å². The summed E-state index contributed by atoms with van der Waals surface area (Å²) in [6.07, 6.45) is 0. The zero-order valence-corrected chi connectivity index (χ0v) is 7.47. The molecule has 2 nitrogen and oxygen atoms in total. The first-order valence-corrected chi connectivity index (χ1v) is 4.21. The number of halogens is 1. The number of hydrogen-bond donors (Lipinski definition) is 2. The van der Waals surface area contributed by atoms with E-state index in [0.717, 1.165) is 6.67 Å². The summed E-state index contributed by atoms with van der Waals surface area (Å²) in [5.41, 5.74) is 2.42. The third-order valence-electron chi connectivity index (χ3n) is 1.54. The summed E-state index contributed by atoms with van der Waals surface area (Å²) in [4.78, 5) is 0. The molecule has 0 bridgehead atoms. The molecule has 52 valence electrons. The molecule has 0 radical (unpaired) electrons. The summed E-state index contributed by atoms with van der Waals surface area (Å²) in [5.74, 6) is 0. The average Bonchev–Trinajstić information content (AvgIpc) is 2.33. The van der Waals surface area contributed by atoms with E-state index in [1.165, 1.54) is 14.9 Å². The van der Waals surface area contributed by atoms with E-state index in [2.05, 4.69) is 51.4 Å². The van der Waals surface area contributed by atoms with E-state index in [9.17, 15) is 0 Å². The molecule has 0 amide bonds. The van der Waals surface area contributed by atoms with Crippen LogP contribution in [0.25, 0.3) is 0 Å². The Labute approximate surface area is 73.2 Å². The van der Waals surface area contributed by atoms with Gasteiger partial charge in [0.15, 0.2) is 0 Å². The Morgan fingerprint density at radius 3 is 2.90 bits per heavy atom. The van der Waals surface area contributed by atoms with Crippen molar-refractivity contribution in [2.24, 2.45) is 0 Å². The predicted octanol–water partition coefficient (Wildman–Crippen LogP) is 2.09. The van der Waals surface area contributed by atoms with Gasteiger partial charge in [-0.15, -0.1) is 0 Å². The Bertz CT molecular complexity index is 260. The molecular formula is C7H7IN2. The molecule has 2 N–H and O–H groups in total. The van der Waals surface area contributed by atoms with Crippen molar-refractivity contribution in [2.45, 2.75) is 0 Å². The van der Waals surface area contributed by atoms with Crippen molar-refractivity contribution in [2.75, 3.05) is 17.3 Å². The van der Waals surface area contributed by atoms with Gasteiger partial charge in [0, 0.05) is 3.57 Å². The van der Waals surface area contributed by atoms with Crippen LogP contribution in [0.2, 0.25) is 0 Å². The van der Waals surface area contributed by atoms with E-state index in [0.29, 0.717) is 0 Å². The molecular weight excluding hydrogens is 239 g/mol. The van der Waals surface area contributed by atoms with Crippen molar-refractivity contribution in [3.63, 3.8) is 0 Å². The summed E-state index contributed by atoms with van der Waals surface area (Å²) in [6, 6.07) is 6.33. The van der Waals surface area contributed by atoms with Gasteiger partial charge in [0.2, 0.25) is 0 Å². The normalized spacial score (nSPS) is 13.7. The molecule has 1 aliphatic heterocycles. The zero-order valence-electron chi connectivity index (χ0n) is 5.32. The highest BCUT2D eigenvalue weighted by Gasteiger charge is 2.06. The van der Waals surface area contributed by atoms with Gasteiger partial charge in [-0.05, 0) is 40.8 Å². The number of fused-ring (bicyclic) bond motifs is 1. The number of rotatable bonds is 0. The van der Waals surface area contributed by atoms with Crippen molar-refractivity contribution >= 4 is 34.0 Å². The SMILES string of the molecule is Ic1ccc2c(c1)NCN2. The van der Waals surface area contributed by atoms with Gasteiger partial charge in [0.1, 0.15) is 0 Å². The van der Waals surface area contributed by atoms with Crippen LogP contribution < -0.4 is 10.6 Å². The third kappa shape index (κ3) is 0.941. The maximum absolute atomic E-state index is 3.23. The molecule has 3 heteroatoms. The fourth-order valence-electron chi connectivity index (χ4n) is 1.05. The Hall–Kier alpha value is -0.450. The molecule has 0 fully saturated rings. The first-order chi connectivity index (χ1) is 4.86. The molecule has 0 aromatic heterocycles. The minimum absolute atomic E-state index is 0.857. The molecule has 1 heterocycles. The highest BCUT2D eigenvalue weighted by Crippen LogP contribution is 2.27. The second-order valence-corrected chi connectivity index (χ2v) is 3.47. The van der Waals surface area contributed by atoms with Crippen molar-refractivity contribution in [3.8, 4) is 0 Å². The predicted molar refractivity (Wildman–Crippen MR) is 51.3 cm³/mol. The maximum Gasteiger partial charge on any atom is 0.0850 e. The molecule has 0 atom stereocenters. The lowest BCUT2D eigenvalue weighted by Crippen LogP contribution is -1.98. The summed E-state index contributed by atoms with van der Waals surface area (Å²) in [6.45, 7) is 0.857. The standard InChI is InChI=1S/C7H7IN2/c8-5-1-2-6-7(3-5)10-4-9-6/h1-3,9-10H,4H2. The summed E-state index contributed by atoms with van der Waals surface area (Å²) in [5, 5.41) is 6.44. The van der Waals surface area contributed by atoms with Gasteiger partial charge < -0.3 is 10.6 Å². The van der Waals surface area contributed by atoms with E-state index in [4.69, 9.17) is 0 Å². The van der Waals surface area contributed by atoms with Gasteiger partial charge in [0.25, 0.3) is 0 Å². The molecule has 0 aliphatic carbocycles. The van der Waals surface area contributed by atoms with E-state index in [-0.39, 0.29) is 0 Å². The van der Waals surface area contributed by atoms with Gasteiger partial charge in [-0.25, -0.2) is 0 Å².